The van der Waals surface area contributed by atoms with Gasteiger partial charge in [-0.05, 0) is 75.8 Å². The molecule has 3 heterocycles. The van der Waals surface area contributed by atoms with Crippen LogP contribution in [0.25, 0.3) is 99.7 Å². The van der Waals surface area contributed by atoms with Gasteiger partial charge in [-0.25, -0.2) is 15.0 Å². The van der Waals surface area contributed by atoms with E-state index >= 15 is 0 Å². The Bertz CT molecular complexity index is 3150. The summed E-state index contributed by atoms with van der Waals surface area (Å²) in [5.74, 6) is 2.06. The van der Waals surface area contributed by atoms with Crippen molar-refractivity contribution in [3.05, 3.63) is 176 Å². The van der Waals surface area contributed by atoms with Crippen LogP contribution in [0.3, 0.4) is 0 Å². The molecule has 0 fully saturated rings. The van der Waals surface area contributed by atoms with E-state index in [1.807, 2.05) is 36.4 Å². The van der Waals surface area contributed by atoms with Crippen LogP contribution in [0.15, 0.2) is 179 Å². The summed E-state index contributed by atoms with van der Waals surface area (Å²) in [6, 6.07) is 50.5. The lowest BCUT2D eigenvalue weighted by Crippen LogP contribution is -2.08. The average Bonchev–Trinajstić information content (AvgIpc) is 3.82. The summed E-state index contributed by atoms with van der Waals surface area (Å²) in [6.07, 6.45) is 9.33. The van der Waals surface area contributed by atoms with E-state index in [0.29, 0.717) is 11.6 Å². The molecule has 1 aliphatic carbocycles. The van der Waals surface area contributed by atoms with Crippen LogP contribution in [0.5, 0.6) is 0 Å². The van der Waals surface area contributed by atoms with Crippen molar-refractivity contribution in [3.8, 4) is 45.0 Å². The summed E-state index contributed by atoms with van der Waals surface area (Å²) in [5.41, 5.74) is 9.84. The molecule has 254 valence electrons. The van der Waals surface area contributed by atoms with Crippen molar-refractivity contribution in [3.63, 3.8) is 0 Å². The average molecular weight is 694 g/mol. The molecule has 1 unspecified atom stereocenters. The molecular weight excluding hydrogens is 663 g/mol. The molecule has 0 amide bonds. The number of para-hydroxylation sites is 1. The Morgan fingerprint density at radius 2 is 1.06 bits per heavy atom. The van der Waals surface area contributed by atoms with Gasteiger partial charge >= 0.3 is 0 Å². The van der Waals surface area contributed by atoms with Crippen molar-refractivity contribution in [2.45, 2.75) is 12.3 Å². The molecule has 5 nitrogen and oxygen atoms in total. The summed E-state index contributed by atoms with van der Waals surface area (Å²) in [6.45, 7) is 0. The Kier molecular flexibility index (Phi) is 6.92. The second-order valence-corrected chi connectivity index (χ2v) is 13.8. The van der Waals surface area contributed by atoms with E-state index in [-0.39, 0.29) is 5.92 Å². The first kappa shape index (κ1) is 30.5. The normalized spacial score (nSPS) is 14.3. The zero-order valence-corrected chi connectivity index (χ0v) is 29.1. The molecule has 0 aliphatic heterocycles. The van der Waals surface area contributed by atoms with E-state index < -0.39 is 0 Å². The lowest BCUT2D eigenvalue weighted by atomic mass is 9.91. The molecule has 54 heavy (non-hydrogen) atoms. The van der Waals surface area contributed by atoms with Gasteiger partial charge in [0.1, 0.15) is 28.2 Å². The minimum atomic E-state index is 0.0362. The quantitative estimate of drug-likeness (QED) is 0.179. The fourth-order valence-corrected chi connectivity index (χ4v) is 8.12. The number of allylic oxidation sites excluding steroid dienone is 4. The van der Waals surface area contributed by atoms with Gasteiger partial charge in [0.05, 0.1) is 0 Å². The van der Waals surface area contributed by atoms with Crippen molar-refractivity contribution in [1.82, 2.24) is 15.0 Å². The fourth-order valence-electron chi connectivity index (χ4n) is 8.12. The number of fused-ring (bicyclic) bond motifs is 7. The summed E-state index contributed by atoms with van der Waals surface area (Å²) >= 11 is 0. The highest BCUT2D eigenvalue weighted by atomic mass is 16.3. The number of nitrogens with zero attached hydrogens (tertiary/aromatic N) is 3. The predicted octanol–water partition coefficient (Wildman–Crippen LogP) is 13.1. The summed E-state index contributed by atoms with van der Waals surface area (Å²) in [4.78, 5) is 15.6. The van der Waals surface area contributed by atoms with Crippen LogP contribution in [0.4, 0.5) is 0 Å². The molecule has 0 bridgehead atoms. The van der Waals surface area contributed by atoms with Crippen molar-refractivity contribution < 1.29 is 8.83 Å². The first-order valence-corrected chi connectivity index (χ1v) is 18.3. The molecule has 11 rings (SSSR count). The molecule has 10 aromatic rings. The number of rotatable bonds is 5. The minimum absolute atomic E-state index is 0.0362. The van der Waals surface area contributed by atoms with Crippen molar-refractivity contribution >= 4 is 54.6 Å². The predicted molar refractivity (Wildman–Crippen MR) is 219 cm³/mol. The molecule has 7 aromatic carbocycles. The van der Waals surface area contributed by atoms with Crippen LogP contribution in [0, 0.1) is 0 Å². The van der Waals surface area contributed by atoms with Gasteiger partial charge in [0.25, 0.3) is 0 Å². The van der Waals surface area contributed by atoms with E-state index in [1.54, 1.807) is 0 Å². The van der Waals surface area contributed by atoms with Crippen molar-refractivity contribution in [1.29, 1.82) is 0 Å². The number of benzene rings is 7. The zero-order valence-electron chi connectivity index (χ0n) is 29.1. The highest BCUT2D eigenvalue weighted by molar-refractivity contribution is 6.17. The van der Waals surface area contributed by atoms with Crippen LogP contribution < -0.4 is 0 Å². The van der Waals surface area contributed by atoms with Crippen molar-refractivity contribution in [2.24, 2.45) is 0 Å². The highest BCUT2D eigenvalue weighted by Crippen LogP contribution is 2.43. The van der Waals surface area contributed by atoms with Crippen molar-refractivity contribution in [2.75, 3.05) is 0 Å². The number of aromatic nitrogens is 3. The molecule has 3 aromatic heterocycles. The third kappa shape index (κ3) is 4.90. The van der Waals surface area contributed by atoms with E-state index in [9.17, 15) is 0 Å². The van der Waals surface area contributed by atoms with E-state index in [2.05, 4.69) is 133 Å². The van der Waals surface area contributed by atoms with Crippen LogP contribution >= 0.6 is 0 Å². The Balaban J connectivity index is 1.12. The third-order valence-electron chi connectivity index (χ3n) is 10.7. The van der Waals surface area contributed by atoms with Crippen LogP contribution in [-0.2, 0) is 0 Å². The standard InChI is InChI=1S/C49H31N3O2/c1-3-13-30(14-4-1)32-25-28-42-40(29-32)45-36(20-11-23-43(45)54-42)35-26-27-37(34-18-8-7-17-33(34)35)48-50-47(31-15-5-2-6-16-31)51-49(52-48)39-21-12-24-44-46(39)38-19-9-10-22-41(38)53-44/h1-15,17-29,31H,16H2. The first-order chi connectivity index (χ1) is 26.8. The van der Waals surface area contributed by atoms with Gasteiger partial charge in [-0.3, -0.25) is 0 Å². The van der Waals surface area contributed by atoms with Gasteiger partial charge in [-0.15, -0.1) is 0 Å². The summed E-state index contributed by atoms with van der Waals surface area (Å²) < 4.78 is 12.7. The highest BCUT2D eigenvalue weighted by Gasteiger charge is 2.22. The maximum absolute atomic E-state index is 6.44. The lowest BCUT2D eigenvalue weighted by Gasteiger charge is -2.16. The van der Waals surface area contributed by atoms with Gasteiger partial charge in [0, 0.05) is 38.6 Å². The second-order valence-electron chi connectivity index (χ2n) is 13.8. The number of hydrogen-bond acceptors (Lipinski definition) is 5. The topological polar surface area (TPSA) is 65.0 Å². The Labute approximate surface area is 310 Å². The molecule has 0 N–H and O–H groups in total. The molecular formula is C49H31N3O2. The van der Waals surface area contributed by atoms with E-state index in [0.717, 1.165) is 94.7 Å². The maximum atomic E-state index is 6.44. The Morgan fingerprint density at radius 1 is 0.426 bits per heavy atom. The van der Waals surface area contributed by atoms with Gasteiger partial charge in [-0.1, -0.05) is 133 Å². The first-order valence-electron chi connectivity index (χ1n) is 18.3. The molecule has 1 aliphatic rings. The maximum Gasteiger partial charge on any atom is 0.164 e. The number of hydrogen-bond donors (Lipinski definition) is 0. The monoisotopic (exact) mass is 693 g/mol. The van der Waals surface area contributed by atoms with Crippen LogP contribution in [-0.4, -0.2) is 15.0 Å². The third-order valence-corrected chi connectivity index (χ3v) is 10.7. The molecule has 0 radical (unpaired) electrons. The lowest BCUT2D eigenvalue weighted by molar-refractivity contribution is 0.668. The Morgan fingerprint density at radius 3 is 1.83 bits per heavy atom. The van der Waals surface area contributed by atoms with Gasteiger partial charge in [0.15, 0.2) is 11.6 Å². The van der Waals surface area contributed by atoms with Gasteiger partial charge < -0.3 is 8.83 Å². The summed E-state index contributed by atoms with van der Waals surface area (Å²) in [7, 11) is 0. The van der Waals surface area contributed by atoms with Crippen LogP contribution in [0.2, 0.25) is 0 Å². The smallest absolute Gasteiger partial charge is 0.164 e. The molecule has 1 atom stereocenters. The van der Waals surface area contributed by atoms with E-state index in [4.69, 9.17) is 23.8 Å². The zero-order chi connectivity index (χ0) is 35.6. The SMILES string of the molecule is C1=CCC(c2nc(-c3ccc(-c4cccc5oc6ccc(-c7ccccc7)cc6c45)c4ccccc34)nc(-c3cccc4oc5ccccc5c34)n2)C=C1. The molecule has 0 saturated heterocycles. The second kappa shape index (κ2) is 12.2. The number of furan rings is 2. The molecule has 0 saturated carbocycles. The van der Waals surface area contributed by atoms with Gasteiger partial charge in [0.2, 0.25) is 0 Å². The summed E-state index contributed by atoms with van der Waals surface area (Å²) in [5, 5.41) is 6.43. The van der Waals surface area contributed by atoms with E-state index in [1.165, 1.54) is 5.56 Å². The molecule has 5 heteroatoms. The fraction of sp³-hybridized carbons (Fsp3) is 0.0408. The van der Waals surface area contributed by atoms with Gasteiger partial charge in [-0.2, -0.15) is 0 Å². The molecule has 0 spiro atoms. The minimum Gasteiger partial charge on any atom is -0.456 e. The Hall–Kier alpha value is -7.11. The van der Waals surface area contributed by atoms with Crippen LogP contribution in [0.1, 0.15) is 18.2 Å². The largest absolute Gasteiger partial charge is 0.456 e.